The minimum Gasteiger partial charge on any atom is -0.336 e. The Bertz CT molecular complexity index is 986. The minimum absolute atomic E-state index is 0.0968. The van der Waals surface area contributed by atoms with E-state index < -0.39 is 0 Å². The summed E-state index contributed by atoms with van der Waals surface area (Å²) in [6, 6.07) is 11.7. The summed E-state index contributed by atoms with van der Waals surface area (Å²) < 4.78 is 2.17. The van der Waals surface area contributed by atoms with E-state index in [1.165, 1.54) is 0 Å². The fourth-order valence-electron chi connectivity index (χ4n) is 3.70. The van der Waals surface area contributed by atoms with Crippen molar-refractivity contribution in [3.8, 4) is 11.4 Å². The summed E-state index contributed by atoms with van der Waals surface area (Å²) in [4.78, 5) is 26.6. The molecular formula is C22H27N5O. The Kier molecular flexibility index (Phi) is 5.13. The molecule has 0 aliphatic carbocycles. The van der Waals surface area contributed by atoms with Gasteiger partial charge in [0.15, 0.2) is 5.65 Å². The van der Waals surface area contributed by atoms with Crippen molar-refractivity contribution in [3.05, 3.63) is 48.2 Å². The first-order valence-corrected chi connectivity index (χ1v) is 9.92. The number of amides is 1. The zero-order valence-electron chi connectivity index (χ0n) is 16.8. The molecule has 0 radical (unpaired) electrons. The number of piperazine rings is 1. The Hall–Kier alpha value is -2.73. The van der Waals surface area contributed by atoms with Crippen LogP contribution in [0.4, 0.5) is 0 Å². The van der Waals surface area contributed by atoms with Crippen molar-refractivity contribution >= 4 is 17.1 Å². The molecule has 3 aromatic rings. The minimum atomic E-state index is 0.0968. The van der Waals surface area contributed by atoms with Crippen LogP contribution in [-0.4, -0.2) is 63.5 Å². The van der Waals surface area contributed by atoms with Crippen molar-refractivity contribution in [1.29, 1.82) is 0 Å². The monoisotopic (exact) mass is 377 g/mol. The number of aromatic nitrogens is 3. The first-order valence-electron chi connectivity index (χ1n) is 9.92. The molecule has 6 nitrogen and oxygen atoms in total. The molecule has 0 bridgehead atoms. The molecule has 0 spiro atoms. The zero-order valence-corrected chi connectivity index (χ0v) is 16.8. The van der Waals surface area contributed by atoms with Gasteiger partial charge in [0.1, 0.15) is 11.3 Å². The van der Waals surface area contributed by atoms with Crippen molar-refractivity contribution in [1.82, 2.24) is 24.3 Å². The van der Waals surface area contributed by atoms with Gasteiger partial charge in [-0.25, -0.2) is 9.97 Å². The number of rotatable bonds is 4. The molecule has 146 valence electrons. The third-order valence-electron chi connectivity index (χ3n) is 5.21. The number of likely N-dealkylation sites (N-methyl/N-ethyl adjacent to an activating group) is 1. The summed E-state index contributed by atoms with van der Waals surface area (Å²) in [5.41, 5.74) is 3.45. The van der Waals surface area contributed by atoms with Gasteiger partial charge in [-0.3, -0.25) is 4.79 Å². The molecule has 28 heavy (non-hydrogen) atoms. The van der Waals surface area contributed by atoms with E-state index in [-0.39, 0.29) is 5.91 Å². The standard InChI is InChI=1S/C22H27N5O/c1-16(2)15-27-20(24-19-8-5-9-23-21(19)27)17-6-4-7-18(14-17)22(28)26-12-10-25(3)11-13-26/h4-9,14,16H,10-13,15H2,1-3H3. The van der Waals surface area contributed by atoms with Crippen LogP contribution >= 0.6 is 0 Å². The maximum Gasteiger partial charge on any atom is 0.253 e. The molecule has 0 N–H and O–H groups in total. The molecular weight excluding hydrogens is 350 g/mol. The van der Waals surface area contributed by atoms with Gasteiger partial charge in [0.2, 0.25) is 0 Å². The molecule has 1 amide bonds. The van der Waals surface area contributed by atoms with Crippen LogP contribution in [0.3, 0.4) is 0 Å². The number of pyridine rings is 1. The Morgan fingerprint density at radius 1 is 1.11 bits per heavy atom. The molecule has 1 aliphatic heterocycles. The topological polar surface area (TPSA) is 54.3 Å². The molecule has 0 saturated carbocycles. The molecule has 1 fully saturated rings. The third-order valence-corrected chi connectivity index (χ3v) is 5.21. The lowest BCUT2D eigenvalue weighted by Crippen LogP contribution is -2.47. The SMILES string of the molecule is CC(C)Cn1c(-c2cccc(C(=O)N3CCN(C)CC3)c2)nc2cccnc21. The summed E-state index contributed by atoms with van der Waals surface area (Å²) in [6.07, 6.45) is 1.80. The molecule has 1 saturated heterocycles. The first kappa shape index (κ1) is 18.6. The van der Waals surface area contributed by atoms with Crippen LogP contribution in [0.1, 0.15) is 24.2 Å². The van der Waals surface area contributed by atoms with E-state index >= 15 is 0 Å². The summed E-state index contributed by atoms with van der Waals surface area (Å²) in [5.74, 6) is 1.43. The van der Waals surface area contributed by atoms with Crippen LogP contribution in [0.15, 0.2) is 42.6 Å². The summed E-state index contributed by atoms with van der Waals surface area (Å²) in [7, 11) is 2.09. The first-order chi connectivity index (χ1) is 13.5. The largest absolute Gasteiger partial charge is 0.336 e. The van der Waals surface area contributed by atoms with Gasteiger partial charge in [0, 0.05) is 50.0 Å². The van der Waals surface area contributed by atoms with E-state index in [4.69, 9.17) is 4.98 Å². The van der Waals surface area contributed by atoms with Crippen LogP contribution < -0.4 is 0 Å². The van der Waals surface area contributed by atoms with Crippen LogP contribution in [0.5, 0.6) is 0 Å². The number of carbonyl (C=O) groups excluding carboxylic acids is 1. The van der Waals surface area contributed by atoms with Gasteiger partial charge in [-0.15, -0.1) is 0 Å². The van der Waals surface area contributed by atoms with Crippen molar-refractivity contribution in [3.63, 3.8) is 0 Å². The second-order valence-corrected chi connectivity index (χ2v) is 7.96. The molecule has 4 rings (SSSR count). The predicted molar refractivity (Wildman–Crippen MR) is 111 cm³/mol. The maximum absolute atomic E-state index is 13.0. The number of imidazole rings is 1. The Morgan fingerprint density at radius 3 is 2.64 bits per heavy atom. The lowest BCUT2D eigenvalue weighted by atomic mass is 10.1. The van der Waals surface area contributed by atoms with E-state index in [2.05, 4.69) is 35.3 Å². The number of carbonyl (C=O) groups is 1. The Morgan fingerprint density at radius 2 is 1.89 bits per heavy atom. The van der Waals surface area contributed by atoms with E-state index in [1.54, 1.807) is 6.20 Å². The lowest BCUT2D eigenvalue weighted by Gasteiger charge is -2.32. The fraction of sp³-hybridized carbons (Fsp3) is 0.409. The quantitative estimate of drug-likeness (QED) is 0.701. The highest BCUT2D eigenvalue weighted by Gasteiger charge is 2.21. The van der Waals surface area contributed by atoms with Gasteiger partial charge < -0.3 is 14.4 Å². The van der Waals surface area contributed by atoms with E-state index in [9.17, 15) is 4.79 Å². The average molecular weight is 377 g/mol. The number of nitrogens with zero attached hydrogens (tertiary/aromatic N) is 5. The smallest absolute Gasteiger partial charge is 0.253 e. The van der Waals surface area contributed by atoms with Crippen molar-refractivity contribution < 1.29 is 4.79 Å². The average Bonchev–Trinajstić information content (AvgIpc) is 3.06. The van der Waals surface area contributed by atoms with Gasteiger partial charge in [-0.1, -0.05) is 26.0 Å². The number of hydrogen-bond donors (Lipinski definition) is 0. The zero-order chi connectivity index (χ0) is 19.7. The number of hydrogen-bond acceptors (Lipinski definition) is 4. The summed E-state index contributed by atoms with van der Waals surface area (Å²) in [6.45, 7) is 8.59. The lowest BCUT2D eigenvalue weighted by molar-refractivity contribution is 0.0664. The fourth-order valence-corrected chi connectivity index (χ4v) is 3.70. The molecule has 3 heterocycles. The van der Waals surface area contributed by atoms with Crippen molar-refractivity contribution in [2.75, 3.05) is 33.2 Å². The van der Waals surface area contributed by atoms with Gasteiger partial charge in [0.25, 0.3) is 5.91 Å². The van der Waals surface area contributed by atoms with Gasteiger partial charge in [-0.05, 0) is 37.2 Å². The van der Waals surface area contributed by atoms with Gasteiger partial charge >= 0.3 is 0 Å². The normalized spacial score (nSPS) is 15.5. The second-order valence-electron chi connectivity index (χ2n) is 7.96. The van der Waals surface area contributed by atoms with Crippen LogP contribution in [0, 0.1) is 5.92 Å². The van der Waals surface area contributed by atoms with Crippen molar-refractivity contribution in [2.45, 2.75) is 20.4 Å². The molecule has 1 aromatic carbocycles. The predicted octanol–water partition coefficient (Wildman–Crippen LogP) is 3.14. The maximum atomic E-state index is 13.0. The Balaban J connectivity index is 1.70. The third kappa shape index (κ3) is 3.64. The second kappa shape index (κ2) is 7.72. The molecule has 2 aromatic heterocycles. The van der Waals surface area contributed by atoms with Crippen LogP contribution in [0.25, 0.3) is 22.6 Å². The van der Waals surface area contributed by atoms with Crippen LogP contribution in [-0.2, 0) is 6.54 Å². The molecule has 0 atom stereocenters. The number of fused-ring (bicyclic) bond motifs is 1. The summed E-state index contributed by atoms with van der Waals surface area (Å²) in [5, 5.41) is 0. The molecule has 0 unspecified atom stereocenters. The highest BCUT2D eigenvalue weighted by atomic mass is 16.2. The van der Waals surface area contributed by atoms with Crippen LogP contribution in [0.2, 0.25) is 0 Å². The molecule has 6 heteroatoms. The summed E-state index contributed by atoms with van der Waals surface area (Å²) >= 11 is 0. The van der Waals surface area contributed by atoms with Gasteiger partial charge in [0.05, 0.1) is 0 Å². The van der Waals surface area contributed by atoms with Crippen molar-refractivity contribution in [2.24, 2.45) is 5.92 Å². The molecule has 1 aliphatic rings. The van der Waals surface area contributed by atoms with Gasteiger partial charge in [-0.2, -0.15) is 0 Å². The van der Waals surface area contributed by atoms with E-state index in [0.717, 1.165) is 60.8 Å². The number of benzene rings is 1. The highest BCUT2D eigenvalue weighted by molar-refractivity contribution is 5.95. The van der Waals surface area contributed by atoms with E-state index in [1.807, 2.05) is 41.3 Å². The Labute approximate surface area is 165 Å². The highest BCUT2D eigenvalue weighted by Crippen LogP contribution is 2.26. The van der Waals surface area contributed by atoms with E-state index in [0.29, 0.717) is 5.92 Å².